The maximum Gasteiger partial charge on any atom is 0.190 e. The van der Waals surface area contributed by atoms with Crippen molar-refractivity contribution in [2.75, 3.05) is 36.1 Å². The van der Waals surface area contributed by atoms with E-state index in [0.717, 1.165) is 0 Å². The van der Waals surface area contributed by atoms with Gasteiger partial charge in [-0.25, -0.2) is 9.37 Å². The van der Waals surface area contributed by atoms with Gasteiger partial charge in [0.1, 0.15) is 0 Å². The maximum absolute atomic E-state index is 13.8. The second kappa shape index (κ2) is 5.37. The number of nitrogen functional groups attached to an aromatic ring is 2. The molecule has 1 atom stereocenters. The molecule has 0 aromatic carbocycles. The average molecular weight is 263 g/mol. The van der Waals surface area contributed by atoms with Crippen LogP contribution in [0.5, 0.6) is 0 Å². The van der Waals surface area contributed by atoms with E-state index in [2.05, 4.69) is 4.98 Å². The Balaban J connectivity index is 0.00000144. The number of aromatic nitrogens is 1. The number of nitrogens with zero attached hydrogens (tertiary/aromatic N) is 2. The fraction of sp³-hybridized carbons (Fsp3) is 0.500. The molecule has 17 heavy (non-hydrogen) atoms. The van der Waals surface area contributed by atoms with E-state index >= 15 is 0 Å². The summed E-state index contributed by atoms with van der Waals surface area (Å²) >= 11 is 0. The third-order valence-electron chi connectivity index (χ3n) is 2.61. The maximum atomic E-state index is 13.8. The van der Waals surface area contributed by atoms with Gasteiger partial charge in [0.05, 0.1) is 30.3 Å². The van der Waals surface area contributed by atoms with E-state index < -0.39 is 5.82 Å². The minimum absolute atomic E-state index is 0. The van der Waals surface area contributed by atoms with E-state index in [4.69, 9.17) is 16.2 Å². The van der Waals surface area contributed by atoms with Gasteiger partial charge in [-0.1, -0.05) is 0 Å². The lowest BCUT2D eigenvalue weighted by Crippen LogP contribution is -2.42. The zero-order valence-corrected chi connectivity index (χ0v) is 10.3. The van der Waals surface area contributed by atoms with Crippen LogP contribution in [0.4, 0.5) is 21.6 Å². The second-order valence-corrected chi connectivity index (χ2v) is 3.89. The number of rotatable bonds is 1. The van der Waals surface area contributed by atoms with Crippen LogP contribution in [0.2, 0.25) is 0 Å². The van der Waals surface area contributed by atoms with E-state index in [1.807, 2.05) is 11.8 Å². The zero-order valence-electron chi connectivity index (χ0n) is 9.52. The van der Waals surface area contributed by atoms with Gasteiger partial charge in [0, 0.05) is 13.1 Å². The van der Waals surface area contributed by atoms with Crippen molar-refractivity contribution in [3.05, 3.63) is 12.0 Å². The molecule has 0 spiro atoms. The molecule has 1 aliphatic heterocycles. The van der Waals surface area contributed by atoms with Gasteiger partial charge in [-0.2, -0.15) is 0 Å². The van der Waals surface area contributed by atoms with Crippen molar-refractivity contribution >= 4 is 29.6 Å². The molecule has 0 bridgehead atoms. The fourth-order valence-electron chi connectivity index (χ4n) is 1.74. The molecule has 2 heterocycles. The summed E-state index contributed by atoms with van der Waals surface area (Å²) in [5, 5.41) is 0. The minimum Gasteiger partial charge on any atom is -0.396 e. The Kier molecular flexibility index (Phi) is 4.36. The first-order valence-electron chi connectivity index (χ1n) is 5.15. The Morgan fingerprint density at radius 3 is 2.88 bits per heavy atom. The van der Waals surface area contributed by atoms with Crippen LogP contribution in [-0.4, -0.2) is 30.8 Å². The highest BCUT2D eigenvalue weighted by Gasteiger charge is 2.22. The van der Waals surface area contributed by atoms with Crippen molar-refractivity contribution in [3.8, 4) is 0 Å². The van der Waals surface area contributed by atoms with Crippen LogP contribution < -0.4 is 16.4 Å². The lowest BCUT2D eigenvalue weighted by molar-refractivity contribution is 0.0527. The van der Waals surface area contributed by atoms with Gasteiger partial charge in [0.25, 0.3) is 0 Å². The van der Waals surface area contributed by atoms with Gasteiger partial charge in [-0.05, 0) is 6.92 Å². The first-order chi connectivity index (χ1) is 7.59. The van der Waals surface area contributed by atoms with Crippen molar-refractivity contribution in [2.45, 2.75) is 13.0 Å². The molecule has 1 aromatic rings. The number of nitrogens with two attached hydrogens (primary N) is 2. The SMILES string of the molecule is C[C@@H]1CN(c2ncc(N)c(N)c2F)CCO1.Cl. The monoisotopic (exact) mass is 262 g/mol. The molecule has 7 heteroatoms. The molecule has 5 nitrogen and oxygen atoms in total. The summed E-state index contributed by atoms with van der Waals surface area (Å²) in [7, 11) is 0. The Bertz CT molecular complexity index is 404. The molecule has 1 aromatic heterocycles. The van der Waals surface area contributed by atoms with Crippen molar-refractivity contribution in [3.63, 3.8) is 0 Å². The number of anilines is 3. The molecule has 0 amide bonds. The molecule has 0 saturated carbocycles. The molecular formula is C10H16ClFN4O. The molecule has 1 fully saturated rings. The number of pyridine rings is 1. The summed E-state index contributed by atoms with van der Waals surface area (Å²) < 4.78 is 19.2. The third-order valence-corrected chi connectivity index (χ3v) is 2.61. The largest absolute Gasteiger partial charge is 0.396 e. The van der Waals surface area contributed by atoms with Crippen LogP contribution >= 0.6 is 12.4 Å². The molecule has 0 radical (unpaired) electrons. The molecule has 1 saturated heterocycles. The highest BCUT2D eigenvalue weighted by atomic mass is 35.5. The number of halogens is 2. The summed E-state index contributed by atoms with van der Waals surface area (Å²) in [6.07, 6.45) is 1.45. The van der Waals surface area contributed by atoms with Crippen LogP contribution in [-0.2, 0) is 4.74 Å². The second-order valence-electron chi connectivity index (χ2n) is 3.89. The predicted molar refractivity (Wildman–Crippen MR) is 67.9 cm³/mol. The van der Waals surface area contributed by atoms with Gasteiger partial charge in [-0.3, -0.25) is 0 Å². The first kappa shape index (κ1) is 13.8. The molecule has 4 N–H and O–H groups in total. The zero-order chi connectivity index (χ0) is 11.7. The minimum atomic E-state index is -0.547. The standard InChI is InChI=1S/C10H15FN4O.ClH/c1-6-5-15(2-3-16-6)10-8(11)9(13)7(12)4-14-10;/h4,6H,2-3,5,12H2,1H3,(H2,13,14);1H/t6-;/m1./s1. The van der Waals surface area contributed by atoms with Crippen LogP contribution in [0, 0.1) is 5.82 Å². The van der Waals surface area contributed by atoms with Gasteiger partial charge in [0.15, 0.2) is 11.6 Å². The normalized spacial score (nSPS) is 19.9. The summed E-state index contributed by atoms with van der Waals surface area (Å²) in [4.78, 5) is 5.81. The summed E-state index contributed by atoms with van der Waals surface area (Å²) in [6.45, 7) is 3.71. The molecule has 0 unspecified atom stereocenters. The van der Waals surface area contributed by atoms with Gasteiger partial charge in [-0.15, -0.1) is 12.4 Å². The smallest absolute Gasteiger partial charge is 0.190 e. The number of ether oxygens (including phenoxy) is 1. The Morgan fingerprint density at radius 1 is 1.53 bits per heavy atom. The van der Waals surface area contributed by atoms with Crippen molar-refractivity contribution < 1.29 is 9.13 Å². The molecule has 2 rings (SSSR count). The predicted octanol–water partition coefficient (Wildman–Crippen LogP) is 1.03. The van der Waals surface area contributed by atoms with Gasteiger partial charge >= 0.3 is 0 Å². The number of hydrogen-bond acceptors (Lipinski definition) is 5. The Labute approximate surface area is 105 Å². The first-order valence-corrected chi connectivity index (χ1v) is 5.15. The van der Waals surface area contributed by atoms with E-state index in [1.54, 1.807) is 0 Å². The lowest BCUT2D eigenvalue weighted by atomic mass is 10.2. The van der Waals surface area contributed by atoms with Crippen molar-refractivity contribution in [1.82, 2.24) is 4.98 Å². The van der Waals surface area contributed by atoms with Crippen molar-refractivity contribution in [1.29, 1.82) is 0 Å². The highest BCUT2D eigenvalue weighted by Crippen LogP contribution is 2.26. The lowest BCUT2D eigenvalue weighted by Gasteiger charge is -2.32. The van der Waals surface area contributed by atoms with Crippen molar-refractivity contribution in [2.24, 2.45) is 0 Å². The van der Waals surface area contributed by atoms with E-state index in [9.17, 15) is 4.39 Å². The van der Waals surface area contributed by atoms with E-state index in [-0.39, 0.29) is 35.7 Å². The molecule has 96 valence electrons. The molecule has 0 aliphatic carbocycles. The van der Waals surface area contributed by atoms with Crippen LogP contribution in [0.3, 0.4) is 0 Å². The van der Waals surface area contributed by atoms with Crippen LogP contribution in [0.1, 0.15) is 6.92 Å². The third kappa shape index (κ3) is 2.70. The molecule has 1 aliphatic rings. The quantitative estimate of drug-likeness (QED) is 0.791. The number of morpholine rings is 1. The summed E-state index contributed by atoms with van der Waals surface area (Å²) in [6, 6.07) is 0. The van der Waals surface area contributed by atoms with E-state index in [0.29, 0.717) is 19.7 Å². The number of hydrogen-bond donors (Lipinski definition) is 2. The van der Waals surface area contributed by atoms with Crippen LogP contribution in [0.25, 0.3) is 0 Å². The average Bonchev–Trinajstić information content (AvgIpc) is 2.26. The van der Waals surface area contributed by atoms with Gasteiger partial charge in [0.2, 0.25) is 0 Å². The molecular weight excluding hydrogens is 247 g/mol. The summed E-state index contributed by atoms with van der Waals surface area (Å²) in [5.74, 6) is -0.295. The topological polar surface area (TPSA) is 77.4 Å². The van der Waals surface area contributed by atoms with E-state index in [1.165, 1.54) is 6.20 Å². The summed E-state index contributed by atoms with van der Waals surface area (Å²) in [5.41, 5.74) is 11.1. The van der Waals surface area contributed by atoms with Crippen LogP contribution in [0.15, 0.2) is 6.20 Å². The fourth-order valence-corrected chi connectivity index (χ4v) is 1.74. The Hall–Kier alpha value is -1.27. The van der Waals surface area contributed by atoms with Gasteiger partial charge < -0.3 is 21.1 Å². The Morgan fingerprint density at radius 2 is 2.24 bits per heavy atom. The highest BCUT2D eigenvalue weighted by molar-refractivity contribution is 5.85.